The van der Waals surface area contributed by atoms with Crippen molar-refractivity contribution < 1.29 is 19.4 Å². The van der Waals surface area contributed by atoms with Gasteiger partial charge in [-0.25, -0.2) is 0 Å². The topological polar surface area (TPSA) is 59.0 Å². The van der Waals surface area contributed by atoms with Crippen molar-refractivity contribution in [2.24, 2.45) is 0 Å². The first kappa shape index (κ1) is 16.6. The number of carbonyl (C=O) groups is 1. The van der Waals surface area contributed by atoms with Gasteiger partial charge in [-0.15, -0.1) is 0 Å². The van der Waals surface area contributed by atoms with E-state index < -0.39 is 12.0 Å². The van der Waals surface area contributed by atoms with E-state index in [0.29, 0.717) is 11.5 Å². The van der Waals surface area contributed by atoms with Gasteiger partial charge in [0.05, 0.1) is 14.2 Å². The molecule has 1 fully saturated rings. The summed E-state index contributed by atoms with van der Waals surface area (Å²) in [5, 5.41) is 9.50. The highest BCUT2D eigenvalue weighted by Crippen LogP contribution is 2.36. The minimum absolute atomic E-state index is 0.0845. The Morgan fingerprint density at radius 3 is 2.64 bits per heavy atom. The quantitative estimate of drug-likeness (QED) is 0.875. The zero-order valence-corrected chi connectivity index (χ0v) is 13.5. The minimum atomic E-state index is -0.723. The number of benzene rings is 1. The molecule has 1 heterocycles. The summed E-state index contributed by atoms with van der Waals surface area (Å²) >= 11 is 0. The van der Waals surface area contributed by atoms with Crippen molar-refractivity contribution in [1.29, 1.82) is 0 Å². The summed E-state index contributed by atoms with van der Waals surface area (Å²) in [5.74, 6) is 0.649. The molecule has 1 aliphatic heterocycles. The predicted molar refractivity (Wildman–Crippen MR) is 84.6 cm³/mol. The maximum Gasteiger partial charge on any atom is 0.320 e. The average Bonchev–Trinajstić information content (AvgIpc) is 2.55. The van der Waals surface area contributed by atoms with Crippen molar-refractivity contribution in [3.05, 3.63) is 23.8 Å². The third kappa shape index (κ3) is 3.35. The average molecular weight is 307 g/mol. The molecule has 1 aromatic carbocycles. The molecule has 1 aromatic rings. The Labute approximate surface area is 131 Å². The lowest BCUT2D eigenvalue weighted by atomic mass is 9.94. The van der Waals surface area contributed by atoms with Crippen molar-refractivity contribution in [2.75, 3.05) is 20.8 Å². The fourth-order valence-corrected chi connectivity index (χ4v) is 3.31. The number of likely N-dealkylation sites (tertiary alicyclic amines) is 1. The lowest BCUT2D eigenvalue weighted by Crippen LogP contribution is -2.46. The second-order valence-electron chi connectivity index (χ2n) is 5.63. The Morgan fingerprint density at radius 2 is 2.05 bits per heavy atom. The third-order valence-corrected chi connectivity index (χ3v) is 4.41. The van der Waals surface area contributed by atoms with E-state index in [2.05, 4.69) is 11.8 Å². The summed E-state index contributed by atoms with van der Waals surface area (Å²) in [4.78, 5) is 13.7. The van der Waals surface area contributed by atoms with Gasteiger partial charge in [0.15, 0.2) is 11.5 Å². The number of hydrogen-bond acceptors (Lipinski definition) is 4. The van der Waals surface area contributed by atoms with Crippen LogP contribution in [0, 0.1) is 0 Å². The Hall–Kier alpha value is -1.75. The number of carboxylic acids is 1. The highest BCUT2D eigenvalue weighted by molar-refractivity contribution is 5.73. The fraction of sp³-hybridized carbons (Fsp3) is 0.588. The molecule has 0 bridgehead atoms. The van der Waals surface area contributed by atoms with Crippen LogP contribution in [0.3, 0.4) is 0 Å². The normalized spacial score (nSPS) is 20.4. The number of carboxylic acid groups (broad SMARTS) is 1. The van der Waals surface area contributed by atoms with Gasteiger partial charge in [0, 0.05) is 6.04 Å². The lowest BCUT2D eigenvalue weighted by Gasteiger charge is -2.39. The van der Waals surface area contributed by atoms with Crippen LogP contribution >= 0.6 is 0 Å². The molecule has 0 saturated carbocycles. The number of methoxy groups -OCH3 is 2. The zero-order valence-electron chi connectivity index (χ0n) is 13.5. The maximum absolute atomic E-state index is 11.6. The third-order valence-electron chi connectivity index (χ3n) is 4.41. The number of ether oxygens (including phenoxy) is 2. The second-order valence-corrected chi connectivity index (χ2v) is 5.63. The number of piperidine rings is 1. The van der Waals surface area contributed by atoms with Crippen LogP contribution in [0.5, 0.6) is 11.5 Å². The van der Waals surface area contributed by atoms with Gasteiger partial charge in [0.1, 0.15) is 6.04 Å². The molecule has 0 spiro atoms. The van der Waals surface area contributed by atoms with Gasteiger partial charge in [0.2, 0.25) is 0 Å². The molecule has 2 atom stereocenters. The maximum atomic E-state index is 11.6. The number of hydrogen-bond donors (Lipinski definition) is 1. The molecule has 0 aliphatic carbocycles. The Bertz CT molecular complexity index is 517. The van der Waals surface area contributed by atoms with Crippen LogP contribution in [-0.4, -0.2) is 42.8 Å². The van der Waals surface area contributed by atoms with E-state index in [1.165, 1.54) is 0 Å². The predicted octanol–water partition coefficient (Wildman–Crippen LogP) is 3.09. The van der Waals surface area contributed by atoms with Gasteiger partial charge < -0.3 is 14.6 Å². The lowest BCUT2D eigenvalue weighted by molar-refractivity contribution is -0.146. The van der Waals surface area contributed by atoms with E-state index in [0.717, 1.165) is 37.8 Å². The van der Waals surface area contributed by atoms with Crippen molar-refractivity contribution in [2.45, 2.75) is 44.7 Å². The van der Waals surface area contributed by atoms with Crippen LogP contribution in [0.2, 0.25) is 0 Å². The molecule has 5 heteroatoms. The Kier molecular flexibility index (Phi) is 5.66. The highest BCUT2D eigenvalue weighted by Gasteiger charge is 2.33. The standard InChI is InChI=1S/C17H25NO4/c1-4-13(18-10-6-5-7-14(18)17(19)20)12-8-9-15(21-2)16(11-12)22-3/h8-9,11,13-14H,4-7,10H2,1-3H3,(H,19,20). The van der Waals surface area contributed by atoms with E-state index in [-0.39, 0.29) is 6.04 Å². The van der Waals surface area contributed by atoms with Crippen molar-refractivity contribution in [3.63, 3.8) is 0 Å². The van der Waals surface area contributed by atoms with E-state index in [9.17, 15) is 9.90 Å². The molecule has 0 aromatic heterocycles. The number of rotatable bonds is 6. The Balaban J connectivity index is 2.32. The molecule has 122 valence electrons. The number of nitrogens with zero attached hydrogens (tertiary/aromatic N) is 1. The summed E-state index contributed by atoms with van der Waals surface area (Å²) in [5.41, 5.74) is 1.08. The molecule has 1 aliphatic rings. The second kappa shape index (κ2) is 7.49. The van der Waals surface area contributed by atoms with Crippen LogP contribution in [0.1, 0.15) is 44.2 Å². The minimum Gasteiger partial charge on any atom is -0.493 e. The molecule has 1 saturated heterocycles. The zero-order chi connectivity index (χ0) is 16.1. The first-order valence-corrected chi connectivity index (χ1v) is 7.82. The van der Waals surface area contributed by atoms with Gasteiger partial charge in [-0.3, -0.25) is 9.69 Å². The van der Waals surface area contributed by atoms with Crippen LogP contribution < -0.4 is 9.47 Å². The molecular formula is C17H25NO4. The largest absolute Gasteiger partial charge is 0.493 e. The molecule has 22 heavy (non-hydrogen) atoms. The van der Waals surface area contributed by atoms with Crippen molar-refractivity contribution in [1.82, 2.24) is 4.90 Å². The van der Waals surface area contributed by atoms with Crippen molar-refractivity contribution in [3.8, 4) is 11.5 Å². The molecule has 0 amide bonds. The molecule has 0 radical (unpaired) electrons. The molecular weight excluding hydrogens is 282 g/mol. The fourth-order valence-electron chi connectivity index (χ4n) is 3.31. The molecule has 2 rings (SSSR count). The first-order valence-electron chi connectivity index (χ1n) is 7.82. The van der Waals surface area contributed by atoms with Crippen LogP contribution in [0.15, 0.2) is 18.2 Å². The van der Waals surface area contributed by atoms with Crippen LogP contribution in [0.25, 0.3) is 0 Å². The number of aliphatic carboxylic acids is 1. The highest BCUT2D eigenvalue weighted by atomic mass is 16.5. The monoisotopic (exact) mass is 307 g/mol. The Morgan fingerprint density at radius 1 is 1.32 bits per heavy atom. The summed E-state index contributed by atoms with van der Waals surface area (Å²) < 4.78 is 10.7. The first-order chi connectivity index (χ1) is 10.6. The summed E-state index contributed by atoms with van der Waals surface area (Å²) in [6.07, 6.45) is 3.61. The van der Waals surface area contributed by atoms with Gasteiger partial charge in [0.25, 0.3) is 0 Å². The molecule has 1 N–H and O–H groups in total. The van der Waals surface area contributed by atoms with Gasteiger partial charge in [-0.05, 0) is 43.5 Å². The SMILES string of the molecule is CCC(c1ccc(OC)c(OC)c1)N1CCCCC1C(=O)O. The van der Waals surface area contributed by atoms with Crippen molar-refractivity contribution >= 4 is 5.97 Å². The summed E-state index contributed by atoms with van der Waals surface area (Å²) in [6, 6.07) is 5.54. The van der Waals surface area contributed by atoms with Crippen LogP contribution in [-0.2, 0) is 4.79 Å². The van der Waals surface area contributed by atoms with Gasteiger partial charge in [-0.1, -0.05) is 19.4 Å². The summed E-state index contributed by atoms with van der Waals surface area (Å²) in [6.45, 7) is 2.92. The van der Waals surface area contributed by atoms with E-state index in [1.54, 1.807) is 14.2 Å². The summed E-state index contributed by atoms with van der Waals surface area (Å²) in [7, 11) is 3.23. The van der Waals surface area contributed by atoms with E-state index in [4.69, 9.17) is 9.47 Å². The van der Waals surface area contributed by atoms with E-state index >= 15 is 0 Å². The van der Waals surface area contributed by atoms with E-state index in [1.807, 2.05) is 18.2 Å². The smallest absolute Gasteiger partial charge is 0.320 e. The van der Waals surface area contributed by atoms with Gasteiger partial charge in [-0.2, -0.15) is 0 Å². The van der Waals surface area contributed by atoms with Gasteiger partial charge >= 0.3 is 5.97 Å². The molecule has 5 nitrogen and oxygen atoms in total. The van der Waals surface area contributed by atoms with Crippen LogP contribution in [0.4, 0.5) is 0 Å². The molecule has 2 unspecified atom stereocenters.